The minimum absolute atomic E-state index is 0.244. The summed E-state index contributed by atoms with van der Waals surface area (Å²) in [4.78, 5) is 46.8. The van der Waals surface area contributed by atoms with Crippen LogP contribution in [0.5, 0.6) is 23.0 Å². The van der Waals surface area contributed by atoms with Crippen LogP contribution in [0.4, 0.5) is 0 Å². The summed E-state index contributed by atoms with van der Waals surface area (Å²) >= 11 is 0. The van der Waals surface area contributed by atoms with E-state index in [1.807, 2.05) is 0 Å². The Balaban J connectivity index is 1.40. The van der Waals surface area contributed by atoms with Crippen LogP contribution in [-0.4, -0.2) is 50.3 Å². The molecule has 3 aromatic carbocycles. The largest absolute Gasteiger partial charge is 0.493 e. The quantitative estimate of drug-likeness (QED) is 0.0684. The molecule has 0 aliphatic carbocycles. The van der Waals surface area contributed by atoms with Gasteiger partial charge in [-0.1, -0.05) is 37.4 Å². The number of carbonyl (C=O) groups excluding carboxylic acids is 4. The van der Waals surface area contributed by atoms with Crippen LogP contribution in [0, 0.1) is 6.92 Å². The first kappa shape index (κ1) is 35.6. The van der Waals surface area contributed by atoms with Crippen LogP contribution in [0.25, 0.3) is 12.2 Å². The highest BCUT2D eigenvalue weighted by molar-refractivity contribution is 5.90. The molecular weight excluding hydrogens is 604 g/mol. The molecule has 3 rings (SSSR count). The third kappa shape index (κ3) is 13.7. The Kier molecular flexibility index (Phi) is 14.7. The summed E-state index contributed by atoms with van der Waals surface area (Å²) in [7, 11) is 0. The van der Waals surface area contributed by atoms with Crippen molar-refractivity contribution in [2.75, 3.05) is 26.4 Å². The highest BCUT2D eigenvalue weighted by atomic mass is 16.5. The first-order valence-electron chi connectivity index (χ1n) is 14.7. The van der Waals surface area contributed by atoms with Gasteiger partial charge in [-0.05, 0) is 78.2 Å². The van der Waals surface area contributed by atoms with E-state index in [4.69, 9.17) is 28.4 Å². The number of aryl methyl sites for hydroxylation is 1. The molecule has 3 aromatic rings. The van der Waals surface area contributed by atoms with E-state index in [1.165, 1.54) is 18.2 Å². The zero-order valence-electron chi connectivity index (χ0n) is 26.1. The molecule has 0 N–H and O–H groups in total. The molecule has 0 unspecified atom stereocenters. The molecule has 0 saturated carbocycles. The van der Waals surface area contributed by atoms with Gasteiger partial charge in [-0.15, -0.1) is 0 Å². The molecule has 0 aliphatic rings. The first-order chi connectivity index (χ1) is 22.7. The second-order valence-corrected chi connectivity index (χ2v) is 9.72. The second-order valence-electron chi connectivity index (χ2n) is 9.72. The lowest BCUT2D eigenvalue weighted by Gasteiger charge is -2.08. The van der Waals surface area contributed by atoms with Gasteiger partial charge in [-0.3, -0.25) is 0 Å². The highest BCUT2D eigenvalue weighted by Gasteiger charge is 2.08. The van der Waals surface area contributed by atoms with Gasteiger partial charge in [0, 0.05) is 37.1 Å². The topological polar surface area (TPSA) is 124 Å². The summed E-state index contributed by atoms with van der Waals surface area (Å²) in [5.74, 6) is -0.156. The summed E-state index contributed by atoms with van der Waals surface area (Å²) in [5.41, 5.74) is 2.15. The van der Waals surface area contributed by atoms with Crippen LogP contribution >= 0.6 is 0 Å². The Morgan fingerprint density at radius 3 is 1.47 bits per heavy atom. The molecular formula is C37H36O10. The van der Waals surface area contributed by atoms with Crippen molar-refractivity contribution in [3.05, 3.63) is 121 Å². The molecule has 0 aromatic heterocycles. The highest BCUT2D eigenvalue weighted by Crippen LogP contribution is 2.24. The average molecular weight is 641 g/mol. The van der Waals surface area contributed by atoms with Gasteiger partial charge < -0.3 is 28.4 Å². The van der Waals surface area contributed by atoms with E-state index in [1.54, 1.807) is 79.7 Å². The lowest BCUT2D eigenvalue weighted by molar-refractivity contribution is -0.138. The molecule has 0 radical (unpaired) electrons. The fraction of sp³-hybridized carbons (Fsp3) is 0.189. The van der Waals surface area contributed by atoms with Gasteiger partial charge in [0.15, 0.2) is 0 Å². The molecule has 0 spiro atoms. The van der Waals surface area contributed by atoms with Crippen molar-refractivity contribution in [3.63, 3.8) is 0 Å². The van der Waals surface area contributed by atoms with Crippen LogP contribution in [0.15, 0.2) is 104 Å². The minimum atomic E-state index is -0.572. The molecule has 0 bridgehead atoms. The maximum absolute atomic E-state index is 12.4. The maximum Gasteiger partial charge on any atom is 0.336 e. The van der Waals surface area contributed by atoms with Crippen molar-refractivity contribution in [1.29, 1.82) is 0 Å². The van der Waals surface area contributed by atoms with E-state index in [-0.39, 0.29) is 13.2 Å². The van der Waals surface area contributed by atoms with E-state index in [0.717, 1.165) is 23.3 Å². The van der Waals surface area contributed by atoms with Crippen LogP contribution in [-0.2, 0) is 28.7 Å². The van der Waals surface area contributed by atoms with Crippen molar-refractivity contribution < 1.29 is 47.6 Å². The van der Waals surface area contributed by atoms with Gasteiger partial charge in [0.2, 0.25) is 0 Å². The number of benzene rings is 3. The van der Waals surface area contributed by atoms with Gasteiger partial charge in [0.1, 0.15) is 23.0 Å². The molecule has 0 aliphatic heterocycles. The van der Waals surface area contributed by atoms with Gasteiger partial charge in [-0.25, -0.2) is 19.2 Å². The number of ether oxygens (including phenoxy) is 6. The molecule has 10 nitrogen and oxygen atoms in total. The Hall–Kier alpha value is -5.90. The lowest BCUT2D eigenvalue weighted by Crippen LogP contribution is -2.07. The van der Waals surface area contributed by atoms with Crippen molar-refractivity contribution >= 4 is 36.0 Å². The number of hydrogen-bond donors (Lipinski definition) is 0. The normalized spacial score (nSPS) is 10.7. The number of rotatable bonds is 18. The number of hydrogen-bond acceptors (Lipinski definition) is 10. The van der Waals surface area contributed by atoms with E-state index in [2.05, 4.69) is 13.2 Å². The monoisotopic (exact) mass is 640 g/mol. The molecule has 10 heteroatoms. The lowest BCUT2D eigenvalue weighted by atomic mass is 10.2. The fourth-order valence-corrected chi connectivity index (χ4v) is 3.73. The molecule has 244 valence electrons. The Morgan fingerprint density at radius 2 is 1.02 bits per heavy atom. The van der Waals surface area contributed by atoms with E-state index < -0.39 is 23.9 Å². The van der Waals surface area contributed by atoms with E-state index >= 15 is 0 Å². The summed E-state index contributed by atoms with van der Waals surface area (Å²) in [6, 6.07) is 18.9. The van der Waals surface area contributed by atoms with Crippen molar-refractivity contribution in [3.8, 4) is 23.0 Å². The zero-order chi connectivity index (χ0) is 33.9. The Bertz CT molecular complexity index is 1580. The summed E-state index contributed by atoms with van der Waals surface area (Å²) < 4.78 is 31.8. The molecule has 0 saturated heterocycles. The molecule has 0 fully saturated rings. The second kappa shape index (κ2) is 19.5. The summed E-state index contributed by atoms with van der Waals surface area (Å²) in [6.07, 6.45) is 9.15. The fourth-order valence-electron chi connectivity index (χ4n) is 3.73. The predicted molar refractivity (Wildman–Crippen MR) is 176 cm³/mol. The molecule has 47 heavy (non-hydrogen) atoms. The van der Waals surface area contributed by atoms with Crippen LogP contribution < -0.4 is 18.9 Å². The van der Waals surface area contributed by atoms with Crippen molar-refractivity contribution in [2.45, 2.75) is 19.8 Å². The van der Waals surface area contributed by atoms with Crippen LogP contribution in [0.3, 0.4) is 0 Å². The van der Waals surface area contributed by atoms with Gasteiger partial charge in [-0.2, -0.15) is 0 Å². The van der Waals surface area contributed by atoms with Gasteiger partial charge in [0.25, 0.3) is 0 Å². The minimum Gasteiger partial charge on any atom is -0.493 e. The number of esters is 4. The molecule has 0 amide bonds. The third-order valence-corrected chi connectivity index (χ3v) is 6.10. The molecule has 0 atom stereocenters. The Labute approximate surface area is 273 Å². The van der Waals surface area contributed by atoms with E-state index in [0.29, 0.717) is 54.6 Å². The van der Waals surface area contributed by atoms with Crippen LogP contribution in [0.2, 0.25) is 0 Å². The zero-order valence-corrected chi connectivity index (χ0v) is 26.1. The maximum atomic E-state index is 12.4. The van der Waals surface area contributed by atoms with Gasteiger partial charge >= 0.3 is 23.9 Å². The SMILES string of the molecule is C=CC(=O)OCCCOc1ccc(/C=C/C(=O)Oc2ccc(OC(=O)/C=C/c3ccc(OCCCOC(=O)C=C)cc3)c(C)c2)cc1. The Morgan fingerprint density at radius 1 is 0.574 bits per heavy atom. The number of carbonyl (C=O) groups is 4. The predicted octanol–water partition coefficient (Wildman–Crippen LogP) is 6.23. The smallest absolute Gasteiger partial charge is 0.336 e. The first-order valence-corrected chi connectivity index (χ1v) is 14.7. The summed E-state index contributed by atoms with van der Waals surface area (Å²) in [6.45, 7) is 9.66. The van der Waals surface area contributed by atoms with Crippen molar-refractivity contribution in [1.82, 2.24) is 0 Å². The van der Waals surface area contributed by atoms with Crippen molar-refractivity contribution in [2.24, 2.45) is 0 Å². The standard InChI is InChI=1S/C37H36O10/c1-4-34(38)44-24-6-22-42-30-14-8-28(9-15-30)12-20-36(40)46-32-18-19-33(27(3)26-32)47-37(41)21-13-29-10-16-31(17-11-29)43-23-7-25-45-35(39)5-2/h4-5,8-21,26H,1-2,6-7,22-25H2,3H3/b20-12+,21-13+. The average Bonchev–Trinajstić information content (AvgIpc) is 3.08. The van der Waals surface area contributed by atoms with Crippen LogP contribution in [0.1, 0.15) is 29.5 Å². The third-order valence-electron chi connectivity index (χ3n) is 6.10. The molecule has 0 heterocycles. The van der Waals surface area contributed by atoms with E-state index in [9.17, 15) is 19.2 Å². The van der Waals surface area contributed by atoms with Gasteiger partial charge in [0.05, 0.1) is 26.4 Å². The summed E-state index contributed by atoms with van der Waals surface area (Å²) in [5, 5.41) is 0.